The predicted octanol–water partition coefficient (Wildman–Crippen LogP) is 4.34. The largest absolute Gasteiger partial charge is 0.342 e. The smallest absolute Gasteiger partial charge is 0.222 e. The van der Waals surface area contributed by atoms with E-state index >= 15 is 0 Å². The highest BCUT2D eigenvalue weighted by Gasteiger charge is 2.58. The SMILES string of the molecule is BrC[C@@]12COC(c3ccccc3)(c3ccccc3)OCC1C2. The average molecular weight is 359 g/mol. The molecule has 1 aliphatic carbocycles. The van der Waals surface area contributed by atoms with E-state index in [0.717, 1.165) is 29.7 Å². The first-order valence-electron chi connectivity index (χ1n) is 7.74. The molecule has 0 radical (unpaired) electrons. The normalized spacial score (nSPS) is 29.4. The van der Waals surface area contributed by atoms with Crippen LogP contribution in [-0.2, 0) is 15.3 Å². The van der Waals surface area contributed by atoms with Crippen LogP contribution in [0.2, 0.25) is 0 Å². The van der Waals surface area contributed by atoms with E-state index < -0.39 is 5.79 Å². The Labute approximate surface area is 139 Å². The molecule has 2 fully saturated rings. The molecule has 114 valence electrons. The minimum absolute atomic E-state index is 0.255. The van der Waals surface area contributed by atoms with E-state index in [1.54, 1.807) is 0 Å². The molecular weight excluding hydrogens is 340 g/mol. The van der Waals surface area contributed by atoms with Gasteiger partial charge in [0, 0.05) is 21.9 Å². The minimum atomic E-state index is -0.787. The van der Waals surface area contributed by atoms with Crippen molar-refractivity contribution in [2.75, 3.05) is 18.5 Å². The maximum Gasteiger partial charge on any atom is 0.222 e. The van der Waals surface area contributed by atoms with Gasteiger partial charge in [0.2, 0.25) is 5.79 Å². The van der Waals surface area contributed by atoms with Crippen molar-refractivity contribution in [2.45, 2.75) is 12.2 Å². The summed E-state index contributed by atoms with van der Waals surface area (Å²) in [5, 5.41) is 0.980. The fourth-order valence-electron chi connectivity index (χ4n) is 3.37. The molecule has 0 bridgehead atoms. The van der Waals surface area contributed by atoms with Gasteiger partial charge in [-0.05, 0) is 12.3 Å². The van der Waals surface area contributed by atoms with Crippen molar-refractivity contribution in [1.82, 2.24) is 0 Å². The molecule has 0 N–H and O–H groups in total. The number of alkyl halides is 1. The van der Waals surface area contributed by atoms with Crippen molar-refractivity contribution in [3.05, 3.63) is 71.8 Å². The van der Waals surface area contributed by atoms with Gasteiger partial charge in [0.25, 0.3) is 0 Å². The number of halogens is 1. The Morgan fingerprint density at radius 3 is 2.05 bits per heavy atom. The number of ether oxygens (including phenoxy) is 2. The molecular formula is C19H19BrO2. The summed E-state index contributed by atoms with van der Waals surface area (Å²) in [5.74, 6) is -0.188. The van der Waals surface area contributed by atoms with E-state index in [1.165, 1.54) is 6.42 Å². The lowest BCUT2D eigenvalue weighted by atomic mass is 9.97. The van der Waals surface area contributed by atoms with E-state index in [9.17, 15) is 0 Å². The molecule has 1 saturated heterocycles. The average Bonchev–Trinajstić information content (AvgIpc) is 3.32. The summed E-state index contributed by atoms with van der Waals surface area (Å²) in [7, 11) is 0. The summed E-state index contributed by atoms with van der Waals surface area (Å²) in [6.07, 6.45) is 1.19. The van der Waals surface area contributed by atoms with Crippen LogP contribution in [-0.4, -0.2) is 18.5 Å². The van der Waals surface area contributed by atoms with Crippen LogP contribution in [0.1, 0.15) is 17.5 Å². The molecule has 2 aromatic carbocycles. The lowest BCUT2D eigenvalue weighted by Crippen LogP contribution is -2.35. The standard InChI is InChI=1S/C19H19BrO2/c20-13-18-11-17(18)12-21-19(22-14-18,15-7-3-1-4-8-15)16-9-5-2-6-10-16/h1-10,17H,11-14H2/t17?,18-/m0/s1. The first kappa shape index (κ1) is 14.4. The summed E-state index contributed by atoms with van der Waals surface area (Å²) < 4.78 is 12.9. The zero-order valence-electron chi connectivity index (χ0n) is 12.4. The van der Waals surface area contributed by atoms with Crippen molar-refractivity contribution in [3.63, 3.8) is 0 Å². The van der Waals surface area contributed by atoms with Gasteiger partial charge in [-0.2, -0.15) is 0 Å². The van der Waals surface area contributed by atoms with Crippen molar-refractivity contribution >= 4 is 15.9 Å². The van der Waals surface area contributed by atoms with Crippen LogP contribution < -0.4 is 0 Å². The summed E-state index contributed by atoms with van der Waals surface area (Å²) in [4.78, 5) is 0. The molecule has 0 spiro atoms. The second kappa shape index (κ2) is 5.48. The summed E-state index contributed by atoms with van der Waals surface area (Å²) in [6, 6.07) is 20.6. The van der Waals surface area contributed by atoms with Gasteiger partial charge < -0.3 is 9.47 Å². The fraction of sp³-hybridized carbons (Fsp3) is 0.368. The Morgan fingerprint density at radius 1 is 0.909 bits per heavy atom. The van der Waals surface area contributed by atoms with Gasteiger partial charge in [0.1, 0.15) is 0 Å². The van der Waals surface area contributed by atoms with Crippen LogP contribution in [0.5, 0.6) is 0 Å². The third kappa shape index (κ3) is 2.23. The van der Waals surface area contributed by atoms with Crippen LogP contribution >= 0.6 is 15.9 Å². The molecule has 0 aromatic heterocycles. The number of fused-ring (bicyclic) bond motifs is 1. The van der Waals surface area contributed by atoms with E-state index in [4.69, 9.17) is 9.47 Å². The van der Waals surface area contributed by atoms with Crippen molar-refractivity contribution in [2.24, 2.45) is 11.3 Å². The van der Waals surface area contributed by atoms with E-state index in [1.807, 2.05) is 36.4 Å². The van der Waals surface area contributed by atoms with Crippen molar-refractivity contribution < 1.29 is 9.47 Å². The first-order valence-corrected chi connectivity index (χ1v) is 8.86. The van der Waals surface area contributed by atoms with Crippen LogP contribution in [0.25, 0.3) is 0 Å². The Morgan fingerprint density at radius 2 is 1.50 bits per heavy atom. The number of hydrogen-bond acceptors (Lipinski definition) is 2. The molecule has 2 aliphatic rings. The van der Waals surface area contributed by atoms with E-state index in [-0.39, 0.29) is 5.41 Å². The van der Waals surface area contributed by atoms with Gasteiger partial charge in [-0.3, -0.25) is 0 Å². The van der Waals surface area contributed by atoms with Crippen LogP contribution in [0.3, 0.4) is 0 Å². The summed E-state index contributed by atoms with van der Waals surface area (Å²) >= 11 is 3.66. The van der Waals surface area contributed by atoms with Gasteiger partial charge in [-0.15, -0.1) is 0 Å². The third-order valence-electron chi connectivity index (χ3n) is 4.98. The highest BCUT2D eigenvalue weighted by Crippen LogP contribution is 2.57. The molecule has 3 heteroatoms. The summed E-state index contributed by atoms with van der Waals surface area (Å²) in [5.41, 5.74) is 2.38. The van der Waals surface area contributed by atoms with Crippen LogP contribution in [0.15, 0.2) is 60.7 Å². The third-order valence-corrected chi connectivity index (χ3v) is 6.10. The van der Waals surface area contributed by atoms with E-state index in [2.05, 4.69) is 40.2 Å². The number of rotatable bonds is 3. The molecule has 1 aliphatic heterocycles. The molecule has 22 heavy (non-hydrogen) atoms. The second-order valence-electron chi connectivity index (χ2n) is 6.35. The molecule has 1 heterocycles. The summed E-state index contributed by atoms with van der Waals surface area (Å²) in [6.45, 7) is 1.47. The Balaban J connectivity index is 1.77. The molecule has 0 amide bonds. The predicted molar refractivity (Wildman–Crippen MR) is 89.9 cm³/mol. The Hall–Kier alpha value is -1.16. The lowest BCUT2D eigenvalue weighted by Gasteiger charge is -2.34. The maximum absolute atomic E-state index is 6.46. The Bertz CT molecular complexity index is 603. The van der Waals surface area contributed by atoms with Gasteiger partial charge in [0.15, 0.2) is 0 Å². The van der Waals surface area contributed by atoms with Gasteiger partial charge in [0.05, 0.1) is 13.2 Å². The first-order chi connectivity index (χ1) is 10.8. The molecule has 2 nitrogen and oxygen atoms in total. The van der Waals surface area contributed by atoms with Gasteiger partial charge >= 0.3 is 0 Å². The lowest BCUT2D eigenvalue weighted by molar-refractivity contribution is -0.213. The highest BCUT2D eigenvalue weighted by molar-refractivity contribution is 9.09. The zero-order valence-corrected chi connectivity index (χ0v) is 14.0. The second-order valence-corrected chi connectivity index (χ2v) is 6.91. The van der Waals surface area contributed by atoms with E-state index in [0.29, 0.717) is 5.92 Å². The highest BCUT2D eigenvalue weighted by atomic mass is 79.9. The van der Waals surface area contributed by atoms with Gasteiger partial charge in [-0.1, -0.05) is 76.6 Å². The van der Waals surface area contributed by atoms with Crippen molar-refractivity contribution in [1.29, 1.82) is 0 Å². The van der Waals surface area contributed by atoms with Crippen molar-refractivity contribution in [3.8, 4) is 0 Å². The number of hydrogen-bond donors (Lipinski definition) is 0. The Kier molecular flexibility index (Phi) is 3.60. The molecule has 2 aromatic rings. The van der Waals surface area contributed by atoms with Gasteiger partial charge in [-0.25, -0.2) is 0 Å². The topological polar surface area (TPSA) is 18.5 Å². The van der Waals surface area contributed by atoms with Crippen LogP contribution in [0.4, 0.5) is 0 Å². The van der Waals surface area contributed by atoms with Crippen LogP contribution in [0, 0.1) is 11.3 Å². The fourth-order valence-corrected chi connectivity index (χ4v) is 4.22. The quantitative estimate of drug-likeness (QED) is 0.760. The number of benzene rings is 2. The maximum atomic E-state index is 6.46. The monoisotopic (exact) mass is 358 g/mol. The molecule has 1 saturated carbocycles. The minimum Gasteiger partial charge on any atom is -0.342 e. The zero-order chi connectivity index (χ0) is 15.0. The molecule has 4 rings (SSSR count). The molecule has 2 atom stereocenters. The molecule has 1 unspecified atom stereocenters.